The molecule has 2 heterocycles. The minimum atomic E-state index is -0.159. The van der Waals surface area contributed by atoms with Crippen LogP contribution in [-0.2, 0) is 0 Å². The summed E-state index contributed by atoms with van der Waals surface area (Å²) in [6.07, 6.45) is 1.58. The van der Waals surface area contributed by atoms with Crippen molar-refractivity contribution in [3.05, 3.63) is 72.4 Å². The van der Waals surface area contributed by atoms with Crippen LogP contribution >= 0.6 is 0 Å². The van der Waals surface area contributed by atoms with E-state index in [-0.39, 0.29) is 5.91 Å². The molecule has 0 aliphatic carbocycles. The number of amides is 1. The zero-order valence-corrected chi connectivity index (χ0v) is 13.1. The van der Waals surface area contributed by atoms with Crippen molar-refractivity contribution in [2.75, 3.05) is 11.1 Å². The minimum absolute atomic E-state index is 0.159. The van der Waals surface area contributed by atoms with Crippen LogP contribution in [0.1, 0.15) is 10.4 Å². The summed E-state index contributed by atoms with van der Waals surface area (Å²) in [5.74, 6) is 0.212. The lowest BCUT2D eigenvalue weighted by molar-refractivity contribution is 0.102. The van der Waals surface area contributed by atoms with E-state index < -0.39 is 0 Å². The Hall–Kier alpha value is -3.67. The molecule has 4 rings (SSSR count). The van der Waals surface area contributed by atoms with Crippen molar-refractivity contribution in [1.29, 1.82) is 0 Å². The van der Waals surface area contributed by atoms with E-state index >= 15 is 0 Å². The molecule has 4 aromatic rings. The van der Waals surface area contributed by atoms with E-state index in [4.69, 9.17) is 10.3 Å². The van der Waals surface area contributed by atoms with E-state index in [9.17, 15) is 4.79 Å². The molecular formula is C19H14N4O2. The molecule has 122 valence electrons. The molecule has 25 heavy (non-hydrogen) atoms. The first-order chi connectivity index (χ1) is 12.2. The molecule has 0 fully saturated rings. The highest BCUT2D eigenvalue weighted by atomic mass is 16.5. The highest BCUT2D eigenvalue weighted by Gasteiger charge is 2.14. The Morgan fingerprint density at radius 2 is 1.76 bits per heavy atom. The average molecular weight is 330 g/mol. The van der Waals surface area contributed by atoms with Crippen molar-refractivity contribution in [1.82, 2.24) is 10.1 Å². The van der Waals surface area contributed by atoms with Gasteiger partial charge in [0.05, 0.1) is 5.39 Å². The predicted molar refractivity (Wildman–Crippen MR) is 96.0 cm³/mol. The molecule has 0 atom stereocenters. The molecule has 6 heteroatoms. The second kappa shape index (κ2) is 6.09. The molecule has 0 aliphatic rings. The predicted octanol–water partition coefficient (Wildman–Crippen LogP) is 3.72. The Morgan fingerprint density at radius 1 is 1.00 bits per heavy atom. The topological polar surface area (TPSA) is 94.0 Å². The van der Waals surface area contributed by atoms with Gasteiger partial charge in [-0.05, 0) is 24.3 Å². The number of benzene rings is 2. The number of pyridine rings is 1. The number of carbonyl (C=O) groups is 1. The van der Waals surface area contributed by atoms with Crippen LogP contribution in [-0.4, -0.2) is 16.0 Å². The number of carbonyl (C=O) groups excluding carboxylic acids is 1. The quantitative estimate of drug-likeness (QED) is 0.597. The minimum Gasteiger partial charge on any atom is -0.383 e. The van der Waals surface area contributed by atoms with Gasteiger partial charge < -0.3 is 15.6 Å². The fraction of sp³-hybridized carbons (Fsp3) is 0. The lowest BCUT2D eigenvalue weighted by Crippen LogP contribution is -2.11. The number of nitrogens with two attached hydrogens (primary N) is 1. The van der Waals surface area contributed by atoms with Crippen LogP contribution in [0.25, 0.3) is 22.2 Å². The van der Waals surface area contributed by atoms with Crippen LogP contribution in [0.2, 0.25) is 0 Å². The summed E-state index contributed by atoms with van der Waals surface area (Å²) in [4.78, 5) is 16.3. The van der Waals surface area contributed by atoms with Crippen LogP contribution in [0.3, 0.4) is 0 Å². The summed E-state index contributed by atoms with van der Waals surface area (Å²) in [6, 6.07) is 18.1. The zero-order chi connectivity index (χ0) is 17.2. The summed E-state index contributed by atoms with van der Waals surface area (Å²) in [5, 5.41) is 7.63. The maximum absolute atomic E-state index is 12.2. The zero-order valence-electron chi connectivity index (χ0n) is 13.1. The van der Waals surface area contributed by atoms with Crippen molar-refractivity contribution >= 4 is 28.4 Å². The first kappa shape index (κ1) is 14.9. The summed E-state index contributed by atoms with van der Waals surface area (Å²) < 4.78 is 5.30. The molecule has 0 spiro atoms. The molecule has 1 amide bonds. The molecule has 3 N–H and O–H groups in total. The summed E-state index contributed by atoms with van der Waals surface area (Å²) >= 11 is 0. The van der Waals surface area contributed by atoms with Crippen LogP contribution < -0.4 is 11.1 Å². The molecule has 2 aromatic heterocycles. The molecule has 0 aliphatic heterocycles. The van der Waals surface area contributed by atoms with Crippen molar-refractivity contribution in [3.63, 3.8) is 0 Å². The third-order valence-corrected chi connectivity index (χ3v) is 3.87. The number of anilines is 2. The van der Waals surface area contributed by atoms with Crippen LogP contribution in [0.5, 0.6) is 0 Å². The number of nitrogen functional groups attached to an aromatic ring is 1. The number of nitrogens with one attached hydrogen (secondary N) is 1. The van der Waals surface area contributed by atoms with Crippen LogP contribution in [0.4, 0.5) is 11.5 Å². The molecule has 0 saturated carbocycles. The summed E-state index contributed by atoms with van der Waals surface area (Å²) in [5.41, 5.74) is 9.27. The fourth-order valence-electron chi connectivity index (χ4n) is 2.62. The Morgan fingerprint density at radius 3 is 2.52 bits per heavy atom. The Kier molecular flexibility index (Phi) is 3.63. The maximum atomic E-state index is 12.2. The van der Waals surface area contributed by atoms with Gasteiger partial charge in [-0.1, -0.05) is 35.5 Å². The smallest absolute Gasteiger partial charge is 0.255 e. The van der Waals surface area contributed by atoms with E-state index in [1.165, 1.54) is 0 Å². The highest BCUT2D eigenvalue weighted by molar-refractivity contribution is 6.04. The Bertz CT molecular complexity index is 1040. The number of hydrogen-bond donors (Lipinski definition) is 2. The van der Waals surface area contributed by atoms with Gasteiger partial charge in [0, 0.05) is 29.1 Å². The SMILES string of the molecule is Nc1nccc2onc(-c3ccc(NC(=O)c4ccccc4)cc3)c12. The third-order valence-electron chi connectivity index (χ3n) is 3.87. The Balaban J connectivity index is 1.61. The molecule has 2 aromatic carbocycles. The average Bonchev–Trinajstić information content (AvgIpc) is 3.09. The first-order valence-corrected chi connectivity index (χ1v) is 7.69. The van der Waals surface area contributed by atoms with Gasteiger partial charge >= 0.3 is 0 Å². The van der Waals surface area contributed by atoms with Gasteiger partial charge in [-0.15, -0.1) is 0 Å². The van der Waals surface area contributed by atoms with Gasteiger partial charge in [0.15, 0.2) is 5.58 Å². The van der Waals surface area contributed by atoms with Gasteiger partial charge in [0.1, 0.15) is 11.5 Å². The first-order valence-electron chi connectivity index (χ1n) is 7.69. The van der Waals surface area contributed by atoms with E-state index in [0.717, 1.165) is 5.56 Å². The van der Waals surface area contributed by atoms with E-state index in [0.29, 0.717) is 33.7 Å². The number of rotatable bonds is 3. The molecule has 0 bridgehead atoms. The monoisotopic (exact) mass is 330 g/mol. The Labute approximate surface area is 143 Å². The second-order valence-corrected chi connectivity index (χ2v) is 5.50. The summed E-state index contributed by atoms with van der Waals surface area (Å²) in [7, 11) is 0. The van der Waals surface area contributed by atoms with Crippen molar-refractivity contribution in [2.45, 2.75) is 0 Å². The third kappa shape index (κ3) is 2.81. The molecular weight excluding hydrogens is 316 g/mol. The lowest BCUT2D eigenvalue weighted by atomic mass is 10.1. The molecule has 0 unspecified atom stereocenters. The van der Waals surface area contributed by atoms with Crippen LogP contribution in [0, 0.1) is 0 Å². The maximum Gasteiger partial charge on any atom is 0.255 e. The van der Waals surface area contributed by atoms with Gasteiger partial charge in [-0.25, -0.2) is 4.98 Å². The van der Waals surface area contributed by atoms with Gasteiger partial charge in [0.2, 0.25) is 0 Å². The van der Waals surface area contributed by atoms with Crippen molar-refractivity contribution in [2.24, 2.45) is 0 Å². The largest absolute Gasteiger partial charge is 0.383 e. The summed E-state index contributed by atoms with van der Waals surface area (Å²) in [6.45, 7) is 0. The number of fused-ring (bicyclic) bond motifs is 1. The van der Waals surface area contributed by atoms with E-state index in [1.807, 2.05) is 42.5 Å². The standard InChI is InChI=1S/C19H14N4O2/c20-18-16-15(10-11-21-18)25-23-17(16)12-6-8-14(9-7-12)22-19(24)13-4-2-1-3-5-13/h1-11H,(H2,20,21)(H,22,24). The number of nitrogens with zero attached hydrogens (tertiary/aromatic N) is 2. The van der Waals surface area contributed by atoms with Crippen molar-refractivity contribution in [3.8, 4) is 11.3 Å². The van der Waals surface area contributed by atoms with E-state index in [2.05, 4.69) is 15.5 Å². The molecule has 0 saturated heterocycles. The normalized spacial score (nSPS) is 10.7. The van der Waals surface area contributed by atoms with E-state index in [1.54, 1.807) is 24.4 Å². The van der Waals surface area contributed by atoms with Gasteiger partial charge in [0.25, 0.3) is 5.91 Å². The lowest BCUT2D eigenvalue weighted by Gasteiger charge is -2.06. The van der Waals surface area contributed by atoms with Crippen LogP contribution in [0.15, 0.2) is 71.4 Å². The highest BCUT2D eigenvalue weighted by Crippen LogP contribution is 2.31. The van der Waals surface area contributed by atoms with Crippen molar-refractivity contribution < 1.29 is 9.32 Å². The number of aromatic nitrogens is 2. The second-order valence-electron chi connectivity index (χ2n) is 5.50. The van der Waals surface area contributed by atoms with Gasteiger partial charge in [-0.2, -0.15) is 0 Å². The molecule has 0 radical (unpaired) electrons. The molecule has 6 nitrogen and oxygen atoms in total. The fourth-order valence-corrected chi connectivity index (χ4v) is 2.62. The number of hydrogen-bond acceptors (Lipinski definition) is 5. The van der Waals surface area contributed by atoms with Gasteiger partial charge in [-0.3, -0.25) is 4.79 Å².